The fraction of sp³-hybridized carbons (Fsp3) is 0.533. The van der Waals surface area contributed by atoms with Crippen molar-refractivity contribution in [1.29, 1.82) is 0 Å². The lowest BCUT2D eigenvalue weighted by Crippen LogP contribution is -2.43. The summed E-state index contributed by atoms with van der Waals surface area (Å²) in [5, 5.41) is 3.07. The van der Waals surface area contributed by atoms with Crippen molar-refractivity contribution in [3.05, 3.63) is 28.8 Å². The topological polar surface area (TPSA) is 87.7 Å². The predicted molar refractivity (Wildman–Crippen MR) is 91.6 cm³/mol. The van der Waals surface area contributed by atoms with Gasteiger partial charge in [-0.3, -0.25) is 9.69 Å². The van der Waals surface area contributed by atoms with Crippen LogP contribution in [0.25, 0.3) is 0 Å². The fourth-order valence-corrected chi connectivity index (χ4v) is 3.48. The van der Waals surface area contributed by atoms with Crippen LogP contribution < -0.4 is 10.0 Å². The lowest BCUT2D eigenvalue weighted by molar-refractivity contribution is -0.120. The van der Waals surface area contributed by atoms with E-state index in [2.05, 4.69) is 14.9 Å². The van der Waals surface area contributed by atoms with Crippen LogP contribution in [0.2, 0.25) is 5.02 Å². The average Bonchev–Trinajstić information content (AvgIpc) is 2.56. The molecule has 0 unspecified atom stereocenters. The Morgan fingerprint density at radius 2 is 2.04 bits per heavy atom. The van der Waals surface area contributed by atoms with Gasteiger partial charge in [0.15, 0.2) is 0 Å². The minimum absolute atomic E-state index is 0.0409. The summed E-state index contributed by atoms with van der Waals surface area (Å²) in [4.78, 5) is 14.0. The molecule has 2 rings (SSSR count). The Bertz CT molecular complexity index is 675. The number of halogens is 1. The summed E-state index contributed by atoms with van der Waals surface area (Å²) in [7, 11) is -3.76. The van der Waals surface area contributed by atoms with Crippen molar-refractivity contribution in [1.82, 2.24) is 14.9 Å². The molecule has 1 aromatic rings. The van der Waals surface area contributed by atoms with Gasteiger partial charge in [-0.25, -0.2) is 13.1 Å². The van der Waals surface area contributed by atoms with Crippen molar-refractivity contribution in [2.45, 2.75) is 11.8 Å². The van der Waals surface area contributed by atoms with E-state index in [1.165, 1.54) is 12.1 Å². The SMILES string of the molecule is Cc1ccc(S(=O)(=O)NCC(=O)NCCN2CCOCC2)cc1Cl. The summed E-state index contributed by atoms with van der Waals surface area (Å²) in [5.41, 5.74) is 0.788. The molecule has 1 aromatic carbocycles. The summed E-state index contributed by atoms with van der Waals surface area (Å²) >= 11 is 5.94. The second kappa shape index (κ2) is 8.77. The van der Waals surface area contributed by atoms with Crippen molar-refractivity contribution in [3.63, 3.8) is 0 Å². The van der Waals surface area contributed by atoms with Crippen LogP contribution in [0.1, 0.15) is 5.56 Å². The quantitative estimate of drug-likeness (QED) is 0.719. The monoisotopic (exact) mass is 375 g/mol. The normalized spacial score (nSPS) is 16.1. The Kier molecular flexibility index (Phi) is 7.00. The Balaban J connectivity index is 1.76. The van der Waals surface area contributed by atoms with E-state index < -0.39 is 10.0 Å². The first-order valence-corrected chi connectivity index (χ1v) is 9.57. The van der Waals surface area contributed by atoms with Crippen molar-refractivity contribution in [3.8, 4) is 0 Å². The van der Waals surface area contributed by atoms with Crippen LogP contribution in [-0.2, 0) is 19.6 Å². The number of aryl methyl sites for hydroxylation is 1. The third kappa shape index (κ3) is 5.71. The molecule has 134 valence electrons. The van der Waals surface area contributed by atoms with E-state index in [1.54, 1.807) is 13.0 Å². The average molecular weight is 376 g/mol. The van der Waals surface area contributed by atoms with Crippen LogP contribution >= 0.6 is 11.6 Å². The molecule has 0 aromatic heterocycles. The predicted octanol–water partition coefficient (Wildman–Crippen LogP) is 0.375. The first kappa shape index (κ1) is 19.1. The molecule has 0 aliphatic carbocycles. The van der Waals surface area contributed by atoms with Crippen molar-refractivity contribution >= 4 is 27.5 Å². The Morgan fingerprint density at radius 1 is 1.33 bits per heavy atom. The molecular weight excluding hydrogens is 354 g/mol. The van der Waals surface area contributed by atoms with Gasteiger partial charge in [-0.1, -0.05) is 17.7 Å². The number of carbonyl (C=O) groups is 1. The van der Waals surface area contributed by atoms with E-state index in [9.17, 15) is 13.2 Å². The number of sulfonamides is 1. The van der Waals surface area contributed by atoms with E-state index >= 15 is 0 Å². The number of carbonyl (C=O) groups excluding carboxylic acids is 1. The molecule has 9 heteroatoms. The van der Waals surface area contributed by atoms with Gasteiger partial charge < -0.3 is 10.1 Å². The zero-order chi connectivity index (χ0) is 17.6. The summed E-state index contributed by atoms with van der Waals surface area (Å²) < 4.78 is 31.8. The van der Waals surface area contributed by atoms with Gasteiger partial charge in [-0.15, -0.1) is 0 Å². The highest BCUT2D eigenvalue weighted by Gasteiger charge is 2.16. The zero-order valence-corrected chi connectivity index (χ0v) is 15.1. The molecule has 0 spiro atoms. The largest absolute Gasteiger partial charge is 0.379 e. The maximum Gasteiger partial charge on any atom is 0.241 e. The van der Waals surface area contributed by atoms with E-state index in [-0.39, 0.29) is 17.3 Å². The van der Waals surface area contributed by atoms with Gasteiger partial charge in [0.2, 0.25) is 15.9 Å². The molecule has 1 amide bonds. The highest BCUT2D eigenvalue weighted by Crippen LogP contribution is 2.19. The van der Waals surface area contributed by atoms with Crippen LogP contribution in [-0.4, -0.2) is 65.2 Å². The Morgan fingerprint density at radius 3 is 2.71 bits per heavy atom. The van der Waals surface area contributed by atoms with Crippen molar-refractivity contribution < 1.29 is 17.9 Å². The molecule has 1 aliphatic heterocycles. The van der Waals surface area contributed by atoms with Gasteiger partial charge in [0.05, 0.1) is 24.7 Å². The summed E-state index contributed by atoms with van der Waals surface area (Å²) in [6, 6.07) is 4.45. The molecule has 7 nitrogen and oxygen atoms in total. The number of benzene rings is 1. The van der Waals surface area contributed by atoms with E-state index in [0.29, 0.717) is 24.8 Å². The standard InChI is InChI=1S/C15H22ClN3O4S/c1-12-2-3-13(10-14(12)16)24(21,22)18-11-15(20)17-4-5-19-6-8-23-9-7-19/h2-3,10,18H,4-9,11H2,1H3,(H,17,20). The number of amides is 1. The van der Waals surface area contributed by atoms with E-state index in [0.717, 1.165) is 25.2 Å². The van der Waals surface area contributed by atoms with Gasteiger partial charge in [0.1, 0.15) is 0 Å². The third-order valence-electron chi connectivity index (χ3n) is 3.73. The molecule has 0 saturated carbocycles. The minimum atomic E-state index is -3.76. The molecule has 1 aliphatic rings. The maximum atomic E-state index is 12.1. The second-order valence-corrected chi connectivity index (χ2v) is 7.71. The highest BCUT2D eigenvalue weighted by molar-refractivity contribution is 7.89. The third-order valence-corrected chi connectivity index (χ3v) is 5.54. The molecule has 0 atom stereocenters. The van der Waals surface area contributed by atoms with E-state index in [4.69, 9.17) is 16.3 Å². The molecule has 1 saturated heterocycles. The maximum absolute atomic E-state index is 12.1. The number of rotatable bonds is 7. The number of hydrogen-bond donors (Lipinski definition) is 2. The molecule has 1 fully saturated rings. The first-order chi connectivity index (χ1) is 11.4. The van der Waals surface area contributed by atoms with Crippen LogP contribution in [0.5, 0.6) is 0 Å². The summed E-state index contributed by atoms with van der Waals surface area (Å²) in [6.45, 7) is 5.75. The first-order valence-electron chi connectivity index (χ1n) is 7.71. The molecule has 24 heavy (non-hydrogen) atoms. The summed E-state index contributed by atoms with van der Waals surface area (Å²) in [5.74, 6) is -0.370. The number of nitrogens with one attached hydrogen (secondary N) is 2. The molecular formula is C15H22ClN3O4S. The van der Waals surface area contributed by atoms with Crippen molar-refractivity contribution in [2.24, 2.45) is 0 Å². The Hall–Kier alpha value is -1.19. The number of nitrogens with zero attached hydrogens (tertiary/aromatic N) is 1. The molecule has 1 heterocycles. The molecule has 0 bridgehead atoms. The fourth-order valence-electron chi connectivity index (χ4n) is 2.23. The van der Waals surface area contributed by atoms with Crippen LogP contribution in [0.15, 0.2) is 23.1 Å². The second-order valence-electron chi connectivity index (χ2n) is 5.54. The number of ether oxygens (including phenoxy) is 1. The lowest BCUT2D eigenvalue weighted by Gasteiger charge is -2.26. The minimum Gasteiger partial charge on any atom is -0.379 e. The van der Waals surface area contributed by atoms with Crippen LogP contribution in [0, 0.1) is 6.92 Å². The van der Waals surface area contributed by atoms with Gasteiger partial charge in [0, 0.05) is 31.2 Å². The lowest BCUT2D eigenvalue weighted by atomic mass is 10.2. The molecule has 2 N–H and O–H groups in total. The Labute approximate surface area is 147 Å². The number of hydrogen-bond acceptors (Lipinski definition) is 5. The van der Waals surface area contributed by atoms with Crippen molar-refractivity contribution in [2.75, 3.05) is 45.9 Å². The van der Waals surface area contributed by atoms with Gasteiger partial charge in [0.25, 0.3) is 0 Å². The highest BCUT2D eigenvalue weighted by atomic mass is 35.5. The van der Waals surface area contributed by atoms with Gasteiger partial charge in [-0.2, -0.15) is 0 Å². The molecule has 0 radical (unpaired) electrons. The zero-order valence-electron chi connectivity index (χ0n) is 13.5. The smallest absolute Gasteiger partial charge is 0.241 e. The van der Waals surface area contributed by atoms with Crippen LogP contribution in [0.3, 0.4) is 0 Å². The van der Waals surface area contributed by atoms with Gasteiger partial charge in [-0.05, 0) is 24.6 Å². The van der Waals surface area contributed by atoms with Gasteiger partial charge >= 0.3 is 0 Å². The summed E-state index contributed by atoms with van der Waals surface area (Å²) in [6.07, 6.45) is 0. The van der Waals surface area contributed by atoms with Crippen LogP contribution in [0.4, 0.5) is 0 Å². The van der Waals surface area contributed by atoms with E-state index in [1.807, 2.05) is 0 Å². The number of morpholine rings is 1.